The minimum Gasteiger partial charge on any atom is -0.508 e. The lowest BCUT2D eigenvalue weighted by atomic mass is 10.1. The van der Waals surface area contributed by atoms with Crippen LogP contribution in [0, 0.1) is 0 Å². The normalized spacial score (nSPS) is 11.9. The molecule has 2 rings (SSSR count). The molecule has 106 valence electrons. The molecule has 0 bridgehead atoms. The number of phenolic OH excluding ortho intramolecular Hbond substituents is 1. The number of aromatic hydroxyl groups is 1. The Morgan fingerprint density at radius 1 is 1.35 bits per heavy atom. The molecule has 0 radical (unpaired) electrons. The molecule has 0 fully saturated rings. The van der Waals surface area contributed by atoms with E-state index < -0.39 is 17.5 Å². The van der Waals surface area contributed by atoms with Crippen LogP contribution in [-0.4, -0.2) is 16.3 Å². The molecule has 20 heavy (non-hydrogen) atoms. The number of nitrogen functional groups attached to an aromatic ring is 1. The van der Waals surface area contributed by atoms with Gasteiger partial charge in [-0.3, -0.25) is 5.43 Å². The van der Waals surface area contributed by atoms with Crippen LogP contribution in [0.15, 0.2) is 28.7 Å². The van der Waals surface area contributed by atoms with Crippen LogP contribution in [0.2, 0.25) is 0 Å². The van der Waals surface area contributed by atoms with Crippen LogP contribution < -0.4 is 11.2 Å². The average Bonchev–Trinajstić information content (AvgIpc) is 2.73. The first-order chi connectivity index (χ1) is 9.34. The molecule has 1 heterocycles. The van der Waals surface area contributed by atoms with Crippen molar-refractivity contribution < 1.29 is 18.3 Å². The van der Waals surface area contributed by atoms with Crippen molar-refractivity contribution in [1.29, 1.82) is 0 Å². The Labute approximate surface area is 115 Å². The number of alkyl halides is 3. The molecule has 0 spiro atoms. The number of nitrogens with one attached hydrogen (secondary N) is 1. The number of phenols is 1. The highest BCUT2D eigenvalue weighted by Crippen LogP contribution is 2.31. The van der Waals surface area contributed by atoms with Crippen LogP contribution >= 0.6 is 11.3 Å². The largest absolute Gasteiger partial charge is 0.508 e. The number of anilines is 2. The lowest BCUT2D eigenvalue weighted by Crippen LogP contribution is -2.05. The van der Waals surface area contributed by atoms with Gasteiger partial charge in [0.05, 0.1) is 11.8 Å². The standard InChI is InChI=1S/C11H9F3N4OS/c12-11(13,14)7-1-6(2-8(19)3-7)4-16-18-10-17-9(15)5-20-10/h1-5,19H,15H2,(H,17,18). The molecule has 5 nitrogen and oxygen atoms in total. The number of thiazole rings is 1. The number of hydrazone groups is 1. The van der Waals surface area contributed by atoms with E-state index in [4.69, 9.17) is 5.73 Å². The lowest BCUT2D eigenvalue weighted by molar-refractivity contribution is -0.137. The third-order valence-electron chi connectivity index (χ3n) is 2.16. The third-order valence-corrected chi connectivity index (χ3v) is 2.93. The number of rotatable bonds is 3. The van der Waals surface area contributed by atoms with Gasteiger partial charge < -0.3 is 10.8 Å². The van der Waals surface area contributed by atoms with Gasteiger partial charge >= 0.3 is 6.18 Å². The highest BCUT2D eigenvalue weighted by atomic mass is 32.1. The fourth-order valence-corrected chi connectivity index (χ4v) is 1.92. The van der Waals surface area contributed by atoms with E-state index in [-0.39, 0.29) is 5.56 Å². The summed E-state index contributed by atoms with van der Waals surface area (Å²) in [6.07, 6.45) is -3.38. The van der Waals surface area contributed by atoms with E-state index in [0.717, 1.165) is 18.3 Å². The van der Waals surface area contributed by atoms with Crippen LogP contribution in [0.5, 0.6) is 5.75 Å². The van der Waals surface area contributed by atoms with Crippen molar-refractivity contribution in [3.63, 3.8) is 0 Å². The molecule has 0 amide bonds. The van der Waals surface area contributed by atoms with Crippen molar-refractivity contribution in [3.05, 3.63) is 34.7 Å². The van der Waals surface area contributed by atoms with Gasteiger partial charge in [-0.25, -0.2) is 4.98 Å². The molecule has 0 saturated heterocycles. The smallest absolute Gasteiger partial charge is 0.416 e. The van der Waals surface area contributed by atoms with E-state index in [1.165, 1.54) is 11.3 Å². The van der Waals surface area contributed by atoms with Gasteiger partial charge in [0, 0.05) is 5.38 Å². The van der Waals surface area contributed by atoms with Gasteiger partial charge in [0.25, 0.3) is 0 Å². The zero-order valence-corrected chi connectivity index (χ0v) is 10.7. The Hall–Kier alpha value is -2.29. The first-order valence-electron chi connectivity index (χ1n) is 5.26. The van der Waals surface area contributed by atoms with Gasteiger partial charge in [-0.15, -0.1) is 11.3 Å². The van der Waals surface area contributed by atoms with Crippen LogP contribution in [0.25, 0.3) is 0 Å². The number of halogens is 3. The number of nitrogens with zero attached hydrogens (tertiary/aromatic N) is 2. The molecular formula is C11H9F3N4OS. The second-order valence-corrected chi connectivity index (χ2v) is 4.62. The topological polar surface area (TPSA) is 83.5 Å². The van der Waals surface area contributed by atoms with Crippen molar-refractivity contribution >= 4 is 28.5 Å². The SMILES string of the molecule is Nc1csc(NN=Cc2cc(O)cc(C(F)(F)F)c2)n1. The van der Waals surface area contributed by atoms with Gasteiger partial charge in [-0.05, 0) is 23.8 Å². The van der Waals surface area contributed by atoms with Gasteiger partial charge in [-0.1, -0.05) is 0 Å². The molecular weight excluding hydrogens is 293 g/mol. The Kier molecular flexibility index (Phi) is 3.79. The summed E-state index contributed by atoms with van der Waals surface area (Å²) in [4.78, 5) is 3.86. The Morgan fingerprint density at radius 2 is 2.10 bits per heavy atom. The van der Waals surface area contributed by atoms with Crippen LogP contribution in [-0.2, 0) is 6.18 Å². The fraction of sp³-hybridized carbons (Fsp3) is 0.0909. The number of nitrogens with two attached hydrogens (primary N) is 1. The molecule has 0 aliphatic heterocycles. The molecule has 0 atom stereocenters. The molecule has 2 aromatic rings. The number of aromatic nitrogens is 1. The fourth-order valence-electron chi connectivity index (χ4n) is 1.37. The summed E-state index contributed by atoms with van der Waals surface area (Å²) in [5, 5.41) is 15.0. The van der Waals surface area contributed by atoms with Crippen LogP contribution in [0.1, 0.15) is 11.1 Å². The first kappa shape index (κ1) is 14.1. The maximum Gasteiger partial charge on any atom is 0.416 e. The predicted octanol–water partition coefficient (Wildman–Crippen LogP) is 2.90. The van der Waals surface area contributed by atoms with Gasteiger partial charge in [-0.2, -0.15) is 18.3 Å². The van der Waals surface area contributed by atoms with E-state index >= 15 is 0 Å². The van der Waals surface area contributed by atoms with E-state index in [9.17, 15) is 18.3 Å². The first-order valence-corrected chi connectivity index (χ1v) is 6.14. The Balaban J connectivity index is 2.15. The zero-order chi connectivity index (χ0) is 14.8. The van der Waals surface area contributed by atoms with Crippen LogP contribution in [0.4, 0.5) is 24.1 Å². The molecule has 0 unspecified atom stereocenters. The highest BCUT2D eigenvalue weighted by Gasteiger charge is 2.31. The minimum absolute atomic E-state index is 0.106. The number of benzene rings is 1. The average molecular weight is 302 g/mol. The van der Waals surface area contributed by atoms with Gasteiger partial charge in [0.15, 0.2) is 0 Å². The molecule has 9 heteroatoms. The summed E-state index contributed by atoms with van der Waals surface area (Å²) in [7, 11) is 0. The molecule has 0 aliphatic rings. The number of hydrogen-bond donors (Lipinski definition) is 3. The second-order valence-electron chi connectivity index (χ2n) is 3.76. The summed E-state index contributed by atoms with van der Waals surface area (Å²) in [6, 6.07) is 2.68. The molecule has 1 aromatic heterocycles. The monoisotopic (exact) mass is 302 g/mol. The summed E-state index contributed by atoms with van der Waals surface area (Å²) in [5.74, 6) is -0.163. The van der Waals surface area contributed by atoms with Crippen molar-refractivity contribution in [2.75, 3.05) is 11.2 Å². The third kappa shape index (κ3) is 3.60. The minimum atomic E-state index is -4.53. The highest BCUT2D eigenvalue weighted by molar-refractivity contribution is 7.14. The van der Waals surface area contributed by atoms with E-state index in [0.29, 0.717) is 17.0 Å². The summed E-state index contributed by atoms with van der Waals surface area (Å²) >= 11 is 1.20. The Bertz CT molecular complexity index is 639. The molecule has 1 aromatic carbocycles. The molecule has 0 saturated carbocycles. The molecule has 4 N–H and O–H groups in total. The van der Waals surface area contributed by atoms with Crippen LogP contribution in [0.3, 0.4) is 0 Å². The number of hydrogen-bond acceptors (Lipinski definition) is 6. The summed E-state index contributed by atoms with van der Waals surface area (Å²) in [6.45, 7) is 0. The maximum atomic E-state index is 12.5. The predicted molar refractivity (Wildman–Crippen MR) is 70.9 cm³/mol. The summed E-state index contributed by atoms with van der Waals surface area (Å²) in [5.41, 5.74) is 7.08. The maximum absolute atomic E-state index is 12.5. The summed E-state index contributed by atoms with van der Waals surface area (Å²) < 4.78 is 37.6. The molecule has 0 aliphatic carbocycles. The Morgan fingerprint density at radius 3 is 2.70 bits per heavy atom. The zero-order valence-electron chi connectivity index (χ0n) is 9.85. The second kappa shape index (κ2) is 5.37. The van der Waals surface area contributed by atoms with E-state index in [1.54, 1.807) is 5.38 Å². The lowest BCUT2D eigenvalue weighted by Gasteiger charge is -2.07. The van der Waals surface area contributed by atoms with E-state index in [1.807, 2.05) is 0 Å². The van der Waals surface area contributed by atoms with Gasteiger partial charge in [0.1, 0.15) is 11.6 Å². The van der Waals surface area contributed by atoms with Crippen molar-refractivity contribution in [3.8, 4) is 5.75 Å². The van der Waals surface area contributed by atoms with Crippen molar-refractivity contribution in [2.24, 2.45) is 5.10 Å². The van der Waals surface area contributed by atoms with E-state index in [2.05, 4.69) is 15.5 Å². The van der Waals surface area contributed by atoms with Crippen molar-refractivity contribution in [1.82, 2.24) is 4.98 Å². The van der Waals surface area contributed by atoms with Gasteiger partial charge in [0.2, 0.25) is 5.13 Å². The quantitative estimate of drug-likeness (QED) is 0.601. The van der Waals surface area contributed by atoms with Crippen molar-refractivity contribution in [2.45, 2.75) is 6.18 Å².